The molecule has 1 aliphatic rings. The van der Waals surface area contributed by atoms with Crippen LogP contribution in [0.5, 0.6) is 0 Å². The summed E-state index contributed by atoms with van der Waals surface area (Å²) in [7, 11) is 0. The van der Waals surface area contributed by atoms with Gasteiger partial charge in [0.2, 0.25) is 0 Å². The summed E-state index contributed by atoms with van der Waals surface area (Å²) in [6, 6.07) is 12.2. The Bertz CT molecular complexity index is 941. The van der Waals surface area contributed by atoms with Gasteiger partial charge < -0.3 is 10.2 Å². The number of hydrogen-bond acceptors (Lipinski definition) is 5. The van der Waals surface area contributed by atoms with E-state index in [0.29, 0.717) is 11.3 Å². The summed E-state index contributed by atoms with van der Waals surface area (Å²) in [6.07, 6.45) is 2.02. The molecule has 0 saturated carbocycles. The first-order valence-electron chi connectivity index (χ1n) is 8.70. The van der Waals surface area contributed by atoms with E-state index in [1.807, 2.05) is 4.90 Å². The molecule has 1 aliphatic heterocycles. The van der Waals surface area contributed by atoms with Crippen molar-refractivity contribution < 1.29 is 14.5 Å². The number of carbonyl (C=O) groups excluding carboxylic acids is 2. The molecule has 0 radical (unpaired) electrons. The van der Waals surface area contributed by atoms with Crippen molar-refractivity contribution in [3.05, 3.63) is 69.8 Å². The molecule has 2 amide bonds. The van der Waals surface area contributed by atoms with Gasteiger partial charge in [0.15, 0.2) is 5.11 Å². The molecule has 1 fully saturated rings. The first kappa shape index (κ1) is 19.4. The van der Waals surface area contributed by atoms with Gasteiger partial charge in [-0.3, -0.25) is 25.0 Å². The highest BCUT2D eigenvalue weighted by molar-refractivity contribution is 7.80. The molecule has 2 aromatic carbocycles. The SMILES string of the molecule is O=C(NC(=S)Nc1cccc(C(=O)N2CCCC2)c1)c1cccc([N+](=O)[O-])c1. The summed E-state index contributed by atoms with van der Waals surface area (Å²) in [5, 5.41) is 16.2. The summed E-state index contributed by atoms with van der Waals surface area (Å²) in [6.45, 7) is 1.52. The van der Waals surface area contributed by atoms with Crippen LogP contribution >= 0.6 is 12.2 Å². The minimum Gasteiger partial charge on any atom is -0.339 e. The molecule has 0 spiro atoms. The summed E-state index contributed by atoms with van der Waals surface area (Å²) in [5.41, 5.74) is 1.05. The minimum atomic E-state index is -0.573. The van der Waals surface area contributed by atoms with E-state index < -0.39 is 10.8 Å². The van der Waals surface area contributed by atoms with Crippen LogP contribution in [0.2, 0.25) is 0 Å². The summed E-state index contributed by atoms with van der Waals surface area (Å²) in [4.78, 5) is 36.8. The number of nitrogens with one attached hydrogen (secondary N) is 2. The third kappa shape index (κ3) is 4.68. The van der Waals surface area contributed by atoms with E-state index in [-0.39, 0.29) is 22.3 Å². The molecule has 1 saturated heterocycles. The maximum atomic E-state index is 12.5. The van der Waals surface area contributed by atoms with E-state index in [9.17, 15) is 19.7 Å². The Kier molecular flexibility index (Phi) is 5.95. The van der Waals surface area contributed by atoms with Crippen molar-refractivity contribution in [3.8, 4) is 0 Å². The van der Waals surface area contributed by atoms with E-state index in [2.05, 4.69) is 10.6 Å². The first-order valence-corrected chi connectivity index (χ1v) is 9.11. The van der Waals surface area contributed by atoms with Crippen LogP contribution in [0.3, 0.4) is 0 Å². The van der Waals surface area contributed by atoms with Crippen molar-refractivity contribution in [2.75, 3.05) is 18.4 Å². The largest absolute Gasteiger partial charge is 0.339 e. The second-order valence-electron chi connectivity index (χ2n) is 6.30. The summed E-state index contributed by atoms with van der Waals surface area (Å²) in [5.74, 6) is -0.599. The number of non-ortho nitro benzene ring substituents is 1. The van der Waals surface area contributed by atoms with Gasteiger partial charge in [0.05, 0.1) is 4.92 Å². The molecule has 0 unspecified atom stereocenters. The van der Waals surface area contributed by atoms with Crippen molar-refractivity contribution in [2.45, 2.75) is 12.8 Å². The number of likely N-dealkylation sites (tertiary alicyclic amines) is 1. The maximum Gasteiger partial charge on any atom is 0.270 e. The highest BCUT2D eigenvalue weighted by Gasteiger charge is 2.19. The van der Waals surface area contributed by atoms with E-state index in [1.54, 1.807) is 24.3 Å². The summed E-state index contributed by atoms with van der Waals surface area (Å²) >= 11 is 5.14. The van der Waals surface area contributed by atoms with Crippen molar-refractivity contribution in [1.29, 1.82) is 0 Å². The second-order valence-corrected chi connectivity index (χ2v) is 6.70. The lowest BCUT2D eigenvalue weighted by atomic mass is 10.1. The van der Waals surface area contributed by atoms with Crippen LogP contribution in [0.15, 0.2) is 48.5 Å². The van der Waals surface area contributed by atoms with E-state index in [1.165, 1.54) is 24.3 Å². The number of carbonyl (C=O) groups is 2. The zero-order valence-electron chi connectivity index (χ0n) is 14.9. The van der Waals surface area contributed by atoms with Crippen LogP contribution in [-0.2, 0) is 0 Å². The third-order valence-corrected chi connectivity index (χ3v) is 4.51. The molecular formula is C19H18N4O4S. The quantitative estimate of drug-likeness (QED) is 0.466. The van der Waals surface area contributed by atoms with Gasteiger partial charge in [-0.15, -0.1) is 0 Å². The Balaban J connectivity index is 1.64. The number of rotatable bonds is 4. The number of nitro groups is 1. The normalized spacial score (nSPS) is 13.1. The predicted molar refractivity (Wildman–Crippen MR) is 108 cm³/mol. The third-order valence-electron chi connectivity index (χ3n) is 4.31. The van der Waals surface area contributed by atoms with Gasteiger partial charge in [0.1, 0.15) is 0 Å². The van der Waals surface area contributed by atoms with Gasteiger partial charge in [0.25, 0.3) is 17.5 Å². The number of nitrogens with zero attached hydrogens (tertiary/aromatic N) is 2. The number of anilines is 1. The molecule has 0 bridgehead atoms. The average Bonchev–Trinajstić information content (AvgIpc) is 3.22. The molecule has 28 heavy (non-hydrogen) atoms. The number of nitro benzene ring substituents is 1. The molecule has 2 aromatic rings. The fourth-order valence-corrected chi connectivity index (χ4v) is 3.14. The van der Waals surface area contributed by atoms with Gasteiger partial charge in [-0.1, -0.05) is 12.1 Å². The minimum absolute atomic E-state index is 0.0299. The predicted octanol–water partition coefficient (Wildman–Crippen LogP) is 2.96. The molecule has 3 rings (SSSR count). The van der Waals surface area contributed by atoms with Gasteiger partial charge >= 0.3 is 0 Å². The molecule has 9 heteroatoms. The lowest BCUT2D eigenvalue weighted by molar-refractivity contribution is -0.384. The standard InChI is InChI=1S/C19H18N4O4S/c24-17(13-5-4-8-16(12-13)23(26)27)21-19(28)20-15-7-3-6-14(11-15)18(25)22-9-1-2-10-22/h3-8,11-12H,1-2,9-10H2,(H2,20,21,24,28). The molecule has 144 valence electrons. The molecule has 0 aliphatic carbocycles. The highest BCUT2D eigenvalue weighted by Crippen LogP contribution is 2.17. The van der Waals surface area contributed by atoms with Gasteiger partial charge in [-0.05, 0) is 49.3 Å². The molecule has 0 aromatic heterocycles. The zero-order chi connectivity index (χ0) is 20.1. The fraction of sp³-hybridized carbons (Fsp3) is 0.211. The van der Waals surface area contributed by atoms with Crippen LogP contribution < -0.4 is 10.6 Å². The number of benzene rings is 2. The smallest absolute Gasteiger partial charge is 0.270 e. The molecule has 8 nitrogen and oxygen atoms in total. The van der Waals surface area contributed by atoms with Crippen molar-refractivity contribution in [2.24, 2.45) is 0 Å². The lowest BCUT2D eigenvalue weighted by Gasteiger charge is -2.16. The Morgan fingerprint density at radius 2 is 1.71 bits per heavy atom. The number of thiocarbonyl (C=S) groups is 1. The molecular weight excluding hydrogens is 380 g/mol. The Hall–Kier alpha value is -3.33. The maximum absolute atomic E-state index is 12.5. The first-order chi connectivity index (χ1) is 13.4. The van der Waals surface area contributed by atoms with Gasteiger partial charge in [-0.2, -0.15) is 0 Å². The van der Waals surface area contributed by atoms with Crippen molar-refractivity contribution >= 4 is 40.5 Å². The van der Waals surface area contributed by atoms with Crippen molar-refractivity contribution in [3.63, 3.8) is 0 Å². The van der Waals surface area contributed by atoms with E-state index in [0.717, 1.165) is 25.9 Å². The molecule has 2 N–H and O–H groups in total. The Labute approximate surface area is 166 Å². The summed E-state index contributed by atoms with van der Waals surface area (Å²) < 4.78 is 0. The van der Waals surface area contributed by atoms with Crippen LogP contribution in [0.25, 0.3) is 0 Å². The number of hydrogen-bond donors (Lipinski definition) is 2. The Morgan fingerprint density at radius 1 is 1.04 bits per heavy atom. The monoisotopic (exact) mass is 398 g/mol. The average molecular weight is 398 g/mol. The van der Waals surface area contributed by atoms with E-state index in [4.69, 9.17) is 12.2 Å². The van der Waals surface area contributed by atoms with Crippen LogP contribution in [0, 0.1) is 10.1 Å². The van der Waals surface area contributed by atoms with Crippen LogP contribution in [0.1, 0.15) is 33.6 Å². The topological polar surface area (TPSA) is 105 Å². The van der Waals surface area contributed by atoms with Gasteiger partial charge in [-0.25, -0.2) is 0 Å². The lowest BCUT2D eigenvalue weighted by Crippen LogP contribution is -2.34. The van der Waals surface area contributed by atoms with Crippen LogP contribution in [-0.4, -0.2) is 39.8 Å². The molecule has 0 atom stereocenters. The zero-order valence-corrected chi connectivity index (χ0v) is 15.7. The van der Waals surface area contributed by atoms with E-state index >= 15 is 0 Å². The number of amides is 2. The molecule has 1 heterocycles. The Morgan fingerprint density at radius 3 is 2.43 bits per heavy atom. The fourth-order valence-electron chi connectivity index (χ4n) is 2.93. The van der Waals surface area contributed by atoms with Gasteiger partial charge in [0, 0.05) is 42.0 Å². The second kappa shape index (κ2) is 8.57. The van der Waals surface area contributed by atoms with Crippen molar-refractivity contribution in [1.82, 2.24) is 10.2 Å². The highest BCUT2D eigenvalue weighted by atomic mass is 32.1. The van der Waals surface area contributed by atoms with Crippen LogP contribution in [0.4, 0.5) is 11.4 Å².